The van der Waals surface area contributed by atoms with E-state index >= 15 is 0 Å². The van der Waals surface area contributed by atoms with Crippen molar-refractivity contribution in [1.29, 1.82) is 0 Å². The van der Waals surface area contributed by atoms with Crippen LogP contribution in [-0.2, 0) is 0 Å². The standard InChI is InChI=1S/C11H9NO4/c1-2-3-12-11(14)7-4-9-10(5-8(7)13)16-6-15-9/h1,4-5,13H,3,6H2,(H,12,14). The zero-order valence-electron chi connectivity index (χ0n) is 8.32. The molecule has 5 nitrogen and oxygen atoms in total. The smallest absolute Gasteiger partial charge is 0.255 e. The molecule has 1 heterocycles. The van der Waals surface area contributed by atoms with Gasteiger partial charge in [0.1, 0.15) is 5.75 Å². The lowest BCUT2D eigenvalue weighted by atomic mass is 10.1. The number of carbonyl (C=O) groups excluding carboxylic acids is 1. The third kappa shape index (κ3) is 1.73. The Morgan fingerprint density at radius 2 is 2.19 bits per heavy atom. The van der Waals surface area contributed by atoms with Crippen molar-refractivity contribution in [3.05, 3.63) is 17.7 Å². The van der Waals surface area contributed by atoms with Gasteiger partial charge in [-0.15, -0.1) is 6.42 Å². The topological polar surface area (TPSA) is 67.8 Å². The first-order valence-corrected chi connectivity index (χ1v) is 4.56. The fourth-order valence-corrected chi connectivity index (χ4v) is 1.34. The summed E-state index contributed by atoms with van der Waals surface area (Å²) in [5.74, 6) is 2.51. The number of hydrogen-bond acceptors (Lipinski definition) is 4. The summed E-state index contributed by atoms with van der Waals surface area (Å²) >= 11 is 0. The molecule has 1 aliphatic rings. The molecule has 1 amide bonds. The van der Waals surface area contributed by atoms with Crippen molar-refractivity contribution >= 4 is 5.91 Å². The van der Waals surface area contributed by atoms with E-state index in [4.69, 9.17) is 15.9 Å². The lowest BCUT2D eigenvalue weighted by molar-refractivity contribution is 0.0955. The van der Waals surface area contributed by atoms with Gasteiger partial charge in [-0.25, -0.2) is 0 Å². The van der Waals surface area contributed by atoms with E-state index in [1.807, 2.05) is 0 Å². The van der Waals surface area contributed by atoms with Crippen molar-refractivity contribution < 1.29 is 19.4 Å². The van der Waals surface area contributed by atoms with Gasteiger partial charge < -0.3 is 19.9 Å². The van der Waals surface area contributed by atoms with Crippen molar-refractivity contribution in [3.8, 4) is 29.6 Å². The number of carbonyl (C=O) groups is 1. The molecule has 0 bridgehead atoms. The number of fused-ring (bicyclic) bond motifs is 1. The zero-order chi connectivity index (χ0) is 11.5. The third-order valence-corrected chi connectivity index (χ3v) is 2.09. The molecule has 16 heavy (non-hydrogen) atoms. The van der Waals surface area contributed by atoms with E-state index in [1.54, 1.807) is 0 Å². The molecule has 2 N–H and O–H groups in total. The fraction of sp³-hybridized carbons (Fsp3) is 0.182. The summed E-state index contributed by atoms with van der Waals surface area (Å²) in [6.45, 7) is 0.191. The Morgan fingerprint density at radius 3 is 2.88 bits per heavy atom. The van der Waals surface area contributed by atoms with Crippen LogP contribution in [-0.4, -0.2) is 24.4 Å². The molecule has 0 fully saturated rings. The molecule has 1 aromatic carbocycles. The number of terminal acetylenes is 1. The van der Waals surface area contributed by atoms with E-state index in [1.165, 1.54) is 12.1 Å². The second-order valence-corrected chi connectivity index (χ2v) is 3.11. The molecule has 0 radical (unpaired) electrons. The maximum Gasteiger partial charge on any atom is 0.255 e. The molecular weight excluding hydrogens is 210 g/mol. The lowest BCUT2D eigenvalue weighted by Crippen LogP contribution is -2.23. The summed E-state index contributed by atoms with van der Waals surface area (Å²) in [7, 11) is 0. The van der Waals surface area contributed by atoms with Crippen LogP contribution < -0.4 is 14.8 Å². The van der Waals surface area contributed by atoms with Crippen LogP contribution in [0.25, 0.3) is 0 Å². The highest BCUT2D eigenvalue weighted by Crippen LogP contribution is 2.37. The first kappa shape index (κ1) is 10.2. The number of ether oxygens (including phenoxy) is 2. The van der Waals surface area contributed by atoms with Gasteiger partial charge in [0, 0.05) is 12.1 Å². The van der Waals surface area contributed by atoms with Crippen LogP contribution in [0.4, 0.5) is 0 Å². The number of amides is 1. The monoisotopic (exact) mass is 219 g/mol. The average molecular weight is 219 g/mol. The van der Waals surface area contributed by atoms with E-state index in [9.17, 15) is 9.90 Å². The average Bonchev–Trinajstić information content (AvgIpc) is 2.71. The van der Waals surface area contributed by atoms with Gasteiger partial charge in [-0.3, -0.25) is 4.79 Å². The Balaban J connectivity index is 2.28. The first-order chi connectivity index (χ1) is 7.72. The number of benzene rings is 1. The molecule has 0 atom stereocenters. The molecule has 0 aromatic heterocycles. The number of rotatable bonds is 2. The van der Waals surface area contributed by atoms with Crippen LogP contribution in [0.15, 0.2) is 12.1 Å². The Kier molecular flexibility index (Phi) is 2.56. The highest BCUT2D eigenvalue weighted by molar-refractivity contribution is 5.97. The van der Waals surface area contributed by atoms with Gasteiger partial charge in [0.05, 0.1) is 12.1 Å². The summed E-state index contributed by atoms with van der Waals surface area (Å²) in [5, 5.41) is 12.0. The molecule has 5 heteroatoms. The number of aromatic hydroxyl groups is 1. The Hall–Kier alpha value is -2.35. The molecule has 0 saturated heterocycles. The third-order valence-electron chi connectivity index (χ3n) is 2.09. The lowest BCUT2D eigenvalue weighted by Gasteiger charge is -2.05. The van der Waals surface area contributed by atoms with E-state index < -0.39 is 5.91 Å². The molecule has 2 rings (SSSR count). The predicted molar refractivity (Wildman–Crippen MR) is 55.4 cm³/mol. The normalized spacial score (nSPS) is 11.9. The molecule has 0 aliphatic carbocycles. The van der Waals surface area contributed by atoms with Crippen LogP contribution in [0, 0.1) is 12.3 Å². The van der Waals surface area contributed by atoms with Gasteiger partial charge in [-0.05, 0) is 0 Å². The predicted octanol–water partition coefficient (Wildman–Crippen LogP) is 0.484. The summed E-state index contributed by atoms with van der Waals surface area (Å²) in [6.07, 6.45) is 5.01. The molecule has 82 valence electrons. The minimum Gasteiger partial charge on any atom is -0.507 e. The van der Waals surface area contributed by atoms with Gasteiger partial charge in [0.15, 0.2) is 11.5 Å². The van der Waals surface area contributed by atoms with Crippen molar-refractivity contribution in [2.24, 2.45) is 0 Å². The highest BCUT2D eigenvalue weighted by atomic mass is 16.7. The Labute approximate surface area is 92.0 Å². The van der Waals surface area contributed by atoms with Crippen molar-refractivity contribution in [3.63, 3.8) is 0 Å². The van der Waals surface area contributed by atoms with E-state index in [2.05, 4.69) is 11.2 Å². The zero-order valence-corrected chi connectivity index (χ0v) is 8.32. The van der Waals surface area contributed by atoms with E-state index in [0.717, 1.165) is 0 Å². The first-order valence-electron chi connectivity index (χ1n) is 4.56. The highest BCUT2D eigenvalue weighted by Gasteiger charge is 2.20. The van der Waals surface area contributed by atoms with Gasteiger partial charge in [0.25, 0.3) is 5.91 Å². The molecule has 1 aliphatic heterocycles. The van der Waals surface area contributed by atoms with Crippen LogP contribution in [0.1, 0.15) is 10.4 Å². The second kappa shape index (κ2) is 4.03. The van der Waals surface area contributed by atoms with Crippen molar-refractivity contribution in [2.45, 2.75) is 0 Å². The number of nitrogens with one attached hydrogen (secondary N) is 1. The van der Waals surface area contributed by atoms with Gasteiger partial charge in [-0.1, -0.05) is 5.92 Å². The number of hydrogen-bond donors (Lipinski definition) is 2. The Bertz CT molecular complexity index is 476. The van der Waals surface area contributed by atoms with Crippen LogP contribution in [0.2, 0.25) is 0 Å². The number of phenolic OH excluding ortho intramolecular Hbond substituents is 1. The van der Waals surface area contributed by atoms with Crippen molar-refractivity contribution in [2.75, 3.05) is 13.3 Å². The van der Waals surface area contributed by atoms with E-state index in [-0.39, 0.29) is 24.7 Å². The quantitative estimate of drug-likeness (QED) is 0.710. The molecule has 0 spiro atoms. The molecule has 0 saturated carbocycles. The summed E-state index contributed by atoms with van der Waals surface area (Å²) in [4.78, 5) is 11.6. The van der Waals surface area contributed by atoms with E-state index in [0.29, 0.717) is 11.5 Å². The SMILES string of the molecule is C#CCNC(=O)c1cc2c(cc1O)OCO2. The van der Waals surface area contributed by atoms with Crippen LogP contribution >= 0.6 is 0 Å². The minimum absolute atomic E-state index is 0.0875. The molecular formula is C11H9NO4. The molecule has 0 unspecified atom stereocenters. The van der Waals surface area contributed by atoms with Gasteiger partial charge in [0.2, 0.25) is 6.79 Å². The summed E-state index contributed by atoms with van der Waals surface area (Å²) in [5.41, 5.74) is 0.111. The van der Waals surface area contributed by atoms with Crippen LogP contribution in [0.5, 0.6) is 17.2 Å². The maximum absolute atomic E-state index is 11.6. The van der Waals surface area contributed by atoms with Crippen molar-refractivity contribution in [1.82, 2.24) is 5.32 Å². The summed E-state index contributed by atoms with van der Waals surface area (Å²) in [6, 6.07) is 2.76. The summed E-state index contributed by atoms with van der Waals surface area (Å²) < 4.78 is 10.1. The van der Waals surface area contributed by atoms with Gasteiger partial charge in [-0.2, -0.15) is 0 Å². The second-order valence-electron chi connectivity index (χ2n) is 3.11. The Morgan fingerprint density at radius 1 is 1.50 bits per heavy atom. The van der Waals surface area contributed by atoms with Gasteiger partial charge >= 0.3 is 0 Å². The number of phenols is 1. The maximum atomic E-state index is 11.6. The fourth-order valence-electron chi connectivity index (χ4n) is 1.34. The van der Waals surface area contributed by atoms with Crippen LogP contribution in [0.3, 0.4) is 0 Å². The largest absolute Gasteiger partial charge is 0.507 e. The minimum atomic E-state index is -0.450. The molecule has 1 aromatic rings.